The second-order valence-electron chi connectivity index (χ2n) is 6.30. The first-order valence-corrected chi connectivity index (χ1v) is 9.09. The highest BCUT2D eigenvalue weighted by Gasteiger charge is 2.20. The third-order valence-corrected chi connectivity index (χ3v) is 4.64. The molecule has 0 spiro atoms. The van der Waals surface area contributed by atoms with Crippen molar-refractivity contribution < 1.29 is 9.53 Å². The molecule has 0 saturated heterocycles. The molecular weight excluding hydrogens is 364 g/mol. The van der Waals surface area contributed by atoms with Gasteiger partial charge in [-0.2, -0.15) is 0 Å². The Bertz CT molecular complexity index is 943. The van der Waals surface area contributed by atoms with Gasteiger partial charge in [0.05, 0.1) is 18.8 Å². The first-order valence-electron chi connectivity index (χ1n) is 8.72. The lowest BCUT2D eigenvalue weighted by Crippen LogP contribution is -2.41. The predicted molar refractivity (Wildman–Crippen MR) is 105 cm³/mol. The fourth-order valence-electron chi connectivity index (χ4n) is 3.09. The Morgan fingerprint density at radius 1 is 1.30 bits per heavy atom. The molecule has 2 aromatic carbocycles. The van der Waals surface area contributed by atoms with Crippen LogP contribution in [-0.2, 0) is 11.3 Å². The molecule has 0 saturated carbocycles. The number of nitrogens with one attached hydrogen (secondary N) is 2. The van der Waals surface area contributed by atoms with Crippen molar-refractivity contribution in [2.45, 2.75) is 6.54 Å². The summed E-state index contributed by atoms with van der Waals surface area (Å²) in [5.41, 5.74) is 2.86. The zero-order valence-electron chi connectivity index (χ0n) is 14.6. The van der Waals surface area contributed by atoms with Gasteiger partial charge in [-0.15, -0.1) is 0 Å². The molecule has 1 aliphatic rings. The van der Waals surface area contributed by atoms with Crippen molar-refractivity contribution in [3.8, 4) is 17.1 Å². The Morgan fingerprint density at radius 3 is 3.07 bits per heavy atom. The predicted octanol–water partition coefficient (Wildman–Crippen LogP) is 3.25. The molecule has 27 heavy (non-hydrogen) atoms. The summed E-state index contributed by atoms with van der Waals surface area (Å²) in [7, 11) is 0. The Kier molecular flexibility index (Phi) is 4.98. The summed E-state index contributed by atoms with van der Waals surface area (Å²) in [5.74, 6) is 1.51. The highest BCUT2D eigenvalue weighted by atomic mass is 35.5. The number of aromatic amines is 1. The molecule has 2 heterocycles. The van der Waals surface area contributed by atoms with Crippen molar-refractivity contribution in [2.24, 2.45) is 0 Å². The van der Waals surface area contributed by atoms with Crippen molar-refractivity contribution in [2.75, 3.05) is 24.6 Å². The molecule has 0 atom stereocenters. The third kappa shape index (κ3) is 4.06. The van der Waals surface area contributed by atoms with Gasteiger partial charge in [-0.25, -0.2) is 4.98 Å². The number of rotatable bonds is 5. The van der Waals surface area contributed by atoms with Crippen LogP contribution in [0.2, 0.25) is 5.02 Å². The molecule has 4 rings (SSSR count). The number of amides is 1. The number of aromatic nitrogens is 2. The quantitative estimate of drug-likeness (QED) is 0.710. The summed E-state index contributed by atoms with van der Waals surface area (Å²) in [5, 5.41) is 3.60. The number of ether oxygens (including phenoxy) is 1. The summed E-state index contributed by atoms with van der Waals surface area (Å²) in [6, 6.07) is 13.4. The summed E-state index contributed by atoms with van der Waals surface area (Å²) in [4.78, 5) is 21.8. The Morgan fingerprint density at radius 2 is 2.22 bits per heavy atom. The topological polar surface area (TPSA) is 70.2 Å². The van der Waals surface area contributed by atoms with Gasteiger partial charge in [-0.05, 0) is 29.8 Å². The average Bonchev–Trinajstić information content (AvgIpc) is 3.22. The average molecular weight is 383 g/mol. The van der Waals surface area contributed by atoms with E-state index < -0.39 is 0 Å². The van der Waals surface area contributed by atoms with E-state index in [9.17, 15) is 4.79 Å². The lowest BCUT2D eigenvalue weighted by atomic mass is 10.1. The minimum Gasteiger partial charge on any atom is -0.490 e. The Labute approximate surface area is 162 Å². The van der Waals surface area contributed by atoms with Gasteiger partial charge in [0.2, 0.25) is 5.91 Å². The molecule has 1 aromatic heterocycles. The maximum absolute atomic E-state index is 12.4. The van der Waals surface area contributed by atoms with Crippen LogP contribution in [0.4, 0.5) is 5.69 Å². The molecule has 1 amide bonds. The summed E-state index contributed by atoms with van der Waals surface area (Å²) in [6.07, 6.45) is 3.51. The molecule has 7 heteroatoms. The second kappa shape index (κ2) is 7.72. The van der Waals surface area contributed by atoms with Crippen LogP contribution in [-0.4, -0.2) is 35.6 Å². The smallest absolute Gasteiger partial charge is 0.239 e. The molecule has 0 bridgehead atoms. The summed E-state index contributed by atoms with van der Waals surface area (Å²) < 4.78 is 5.63. The summed E-state index contributed by atoms with van der Waals surface area (Å²) >= 11 is 6.09. The zero-order valence-corrected chi connectivity index (χ0v) is 15.4. The molecule has 3 aromatic rings. The van der Waals surface area contributed by atoms with Crippen LogP contribution in [0.15, 0.2) is 54.9 Å². The molecule has 2 N–H and O–H groups in total. The van der Waals surface area contributed by atoms with Crippen LogP contribution in [0.25, 0.3) is 11.4 Å². The van der Waals surface area contributed by atoms with E-state index in [2.05, 4.69) is 15.3 Å². The van der Waals surface area contributed by atoms with Crippen LogP contribution in [0.3, 0.4) is 0 Å². The number of carbonyl (C=O) groups excluding carboxylic acids is 1. The Balaban J connectivity index is 1.39. The van der Waals surface area contributed by atoms with E-state index in [0.717, 1.165) is 28.4 Å². The van der Waals surface area contributed by atoms with Crippen LogP contribution in [0.5, 0.6) is 5.75 Å². The second-order valence-corrected chi connectivity index (χ2v) is 6.73. The number of imidazole rings is 1. The van der Waals surface area contributed by atoms with E-state index in [0.29, 0.717) is 24.7 Å². The minimum atomic E-state index is -0.0498. The number of carbonyl (C=O) groups is 1. The van der Waals surface area contributed by atoms with Gasteiger partial charge < -0.3 is 19.9 Å². The van der Waals surface area contributed by atoms with Crippen LogP contribution < -0.4 is 15.0 Å². The van der Waals surface area contributed by atoms with Crippen molar-refractivity contribution in [1.29, 1.82) is 0 Å². The van der Waals surface area contributed by atoms with Crippen molar-refractivity contribution in [3.05, 3.63) is 65.4 Å². The zero-order chi connectivity index (χ0) is 18.6. The maximum Gasteiger partial charge on any atom is 0.239 e. The number of H-pyrrole nitrogens is 1. The SMILES string of the molecule is O=C(CN1CCOc2ccc(Cl)cc21)NCc1cccc(-c2ncc[nH]2)c1. The van der Waals surface area contributed by atoms with Crippen molar-refractivity contribution in [3.63, 3.8) is 0 Å². The lowest BCUT2D eigenvalue weighted by Gasteiger charge is -2.30. The molecular formula is C20H19ClN4O2. The molecule has 0 unspecified atom stereocenters. The van der Waals surface area contributed by atoms with Gasteiger partial charge in [-0.3, -0.25) is 4.79 Å². The number of hydrogen-bond donors (Lipinski definition) is 2. The Hall–Kier alpha value is -2.99. The van der Waals surface area contributed by atoms with Crippen LogP contribution in [0, 0.1) is 0 Å². The molecule has 0 radical (unpaired) electrons. The first kappa shape index (κ1) is 17.4. The van der Waals surface area contributed by atoms with Gasteiger partial charge in [0.1, 0.15) is 18.2 Å². The van der Waals surface area contributed by atoms with E-state index in [-0.39, 0.29) is 12.5 Å². The van der Waals surface area contributed by atoms with E-state index in [1.54, 1.807) is 18.5 Å². The number of nitrogens with zero attached hydrogens (tertiary/aromatic N) is 2. The van der Waals surface area contributed by atoms with Gasteiger partial charge in [0, 0.05) is 29.5 Å². The van der Waals surface area contributed by atoms with Gasteiger partial charge in [0.25, 0.3) is 0 Å². The number of benzene rings is 2. The lowest BCUT2D eigenvalue weighted by molar-refractivity contribution is -0.120. The van der Waals surface area contributed by atoms with Gasteiger partial charge >= 0.3 is 0 Å². The van der Waals surface area contributed by atoms with Crippen molar-refractivity contribution >= 4 is 23.2 Å². The molecule has 1 aliphatic heterocycles. The number of anilines is 1. The minimum absolute atomic E-state index is 0.0498. The summed E-state index contributed by atoms with van der Waals surface area (Å²) in [6.45, 7) is 1.91. The van der Waals surface area contributed by atoms with Gasteiger partial charge in [-0.1, -0.05) is 29.8 Å². The molecule has 6 nitrogen and oxygen atoms in total. The largest absolute Gasteiger partial charge is 0.490 e. The third-order valence-electron chi connectivity index (χ3n) is 4.40. The van der Waals surface area contributed by atoms with E-state index in [1.807, 2.05) is 41.3 Å². The normalized spacial score (nSPS) is 13.0. The first-order chi connectivity index (χ1) is 13.2. The number of halogens is 1. The number of hydrogen-bond acceptors (Lipinski definition) is 4. The molecule has 138 valence electrons. The van der Waals surface area contributed by atoms with Gasteiger partial charge in [0.15, 0.2) is 0 Å². The van der Waals surface area contributed by atoms with Crippen LogP contribution >= 0.6 is 11.6 Å². The molecule has 0 aliphatic carbocycles. The van der Waals surface area contributed by atoms with E-state index in [4.69, 9.17) is 16.3 Å². The fourth-order valence-corrected chi connectivity index (χ4v) is 3.26. The van der Waals surface area contributed by atoms with Crippen molar-refractivity contribution in [1.82, 2.24) is 15.3 Å². The highest BCUT2D eigenvalue weighted by molar-refractivity contribution is 6.31. The monoisotopic (exact) mass is 382 g/mol. The fraction of sp³-hybridized carbons (Fsp3) is 0.200. The van der Waals surface area contributed by atoms with E-state index in [1.165, 1.54) is 0 Å². The molecule has 0 fully saturated rings. The highest BCUT2D eigenvalue weighted by Crippen LogP contribution is 2.33. The van der Waals surface area contributed by atoms with E-state index >= 15 is 0 Å². The standard InChI is InChI=1S/C20H19ClN4O2/c21-16-4-5-18-17(11-16)25(8-9-27-18)13-19(26)24-12-14-2-1-3-15(10-14)20-22-6-7-23-20/h1-7,10-11H,8-9,12-13H2,(H,22,23)(H,24,26). The number of fused-ring (bicyclic) bond motifs is 1. The maximum atomic E-state index is 12.4. The van der Waals surface area contributed by atoms with Crippen LogP contribution in [0.1, 0.15) is 5.56 Å².